The number of likely N-dealkylation sites (tertiary alicyclic amines) is 1. The minimum Gasteiger partial charge on any atom is -1.00 e. The molecule has 56 valence electrons. The molecule has 0 bridgehead atoms. The van der Waals surface area contributed by atoms with E-state index in [9.17, 15) is 0 Å². The smallest absolute Gasteiger partial charge is 0.0782 e. The van der Waals surface area contributed by atoms with Crippen LogP contribution in [0, 0.1) is 0 Å². The van der Waals surface area contributed by atoms with E-state index in [2.05, 4.69) is 14.1 Å². The highest BCUT2D eigenvalue weighted by atomic mass is 19.0. The lowest BCUT2D eigenvalue weighted by molar-refractivity contribution is -0.894. The van der Waals surface area contributed by atoms with Gasteiger partial charge in [0.1, 0.15) is 0 Å². The molecule has 1 aliphatic heterocycles. The van der Waals surface area contributed by atoms with Crippen LogP contribution < -0.4 is 4.70 Å². The molecule has 1 rings (SSSR count). The van der Waals surface area contributed by atoms with Crippen molar-refractivity contribution in [2.24, 2.45) is 0 Å². The number of rotatable bonds is 0. The van der Waals surface area contributed by atoms with Crippen LogP contribution in [0.15, 0.2) is 0 Å². The topological polar surface area (TPSA) is 0 Å². The molecule has 1 saturated heterocycles. The second-order valence-electron chi connectivity index (χ2n) is 3.44. The average molecular weight is 133 g/mol. The quantitative estimate of drug-likeness (QED) is 0.344. The number of halogens is 1. The monoisotopic (exact) mass is 133 g/mol. The highest BCUT2D eigenvalue weighted by Gasteiger charge is 2.17. The van der Waals surface area contributed by atoms with Gasteiger partial charge in [0.25, 0.3) is 0 Å². The van der Waals surface area contributed by atoms with Crippen LogP contribution in [0.1, 0.15) is 19.3 Å². The molecule has 1 heterocycles. The Morgan fingerprint density at radius 2 is 1.33 bits per heavy atom. The van der Waals surface area contributed by atoms with Gasteiger partial charge in [-0.1, -0.05) is 0 Å². The molecule has 0 aromatic rings. The predicted molar refractivity (Wildman–Crippen MR) is 35.7 cm³/mol. The van der Waals surface area contributed by atoms with Gasteiger partial charge < -0.3 is 9.19 Å². The standard InChI is InChI=1S/C7H16N.FH/c1-8(2)6-4-3-5-7-8;/h3-7H2,1-2H3;1H/q+1;/p-1. The number of hydrogen-bond acceptors (Lipinski definition) is 0. The molecule has 0 radical (unpaired) electrons. The van der Waals surface area contributed by atoms with Crippen molar-refractivity contribution in [3.8, 4) is 0 Å². The van der Waals surface area contributed by atoms with Crippen molar-refractivity contribution < 1.29 is 9.19 Å². The maximum atomic E-state index is 2.32. The van der Waals surface area contributed by atoms with Crippen molar-refractivity contribution in [3.05, 3.63) is 0 Å². The summed E-state index contributed by atoms with van der Waals surface area (Å²) in [4.78, 5) is 0. The largest absolute Gasteiger partial charge is 1.00 e. The molecule has 0 atom stereocenters. The fourth-order valence-electron chi connectivity index (χ4n) is 1.37. The van der Waals surface area contributed by atoms with Gasteiger partial charge in [-0.3, -0.25) is 0 Å². The maximum Gasteiger partial charge on any atom is 0.0782 e. The van der Waals surface area contributed by atoms with Crippen molar-refractivity contribution >= 4 is 0 Å². The third-order valence-electron chi connectivity index (χ3n) is 2.03. The molecule has 0 aromatic carbocycles. The fraction of sp³-hybridized carbons (Fsp3) is 1.00. The SMILES string of the molecule is C[N+]1(C)CCCCC1.[F-]. The van der Waals surface area contributed by atoms with E-state index >= 15 is 0 Å². The van der Waals surface area contributed by atoms with Gasteiger partial charge in [0.2, 0.25) is 0 Å². The third kappa shape index (κ3) is 2.80. The molecule has 0 spiro atoms. The summed E-state index contributed by atoms with van der Waals surface area (Å²) in [6.45, 7) is 2.78. The van der Waals surface area contributed by atoms with Crippen LogP contribution in [0.3, 0.4) is 0 Å². The first-order valence-corrected chi connectivity index (χ1v) is 3.53. The van der Waals surface area contributed by atoms with E-state index in [0.717, 1.165) is 0 Å². The second kappa shape index (κ2) is 3.16. The first-order chi connectivity index (χ1) is 3.71. The number of piperidine rings is 1. The van der Waals surface area contributed by atoms with Crippen LogP contribution in [-0.2, 0) is 0 Å². The lowest BCUT2D eigenvalue weighted by Crippen LogP contribution is -3.00. The van der Waals surface area contributed by atoms with E-state index in [0.29, 0.717) is 0 Å². The molecule has 2 heteroatoms. The molecular weight excluding hydrogens is 117 g/mol. The Bertz CT molecular complexity index is 73.0. The number of hydrogen-bond donors (Lipinski definition) is 0. The zero-order valence-corrected chi connectivity index (χ0v) is 6.36. The van der Waals surface area contributed by atoms with E-state index < -0.39 is 0 Å². The summed E-state index contributed by atoms with van der Waals surface area (Å²) in [5.74, 6) is 0. The summed E-state index contributed by atoms with van der Waals surface area (Å²) >= 11 is 0. The highest BCUT2D eigenvalue weighted by molar-refractivity contribution is 4.47. The lowest BCUT2D eigenvalue weighted by atomic mass is 10.1. The zero-order chi connectivity index (χ0) is 6.04. The van der Waals surface area contributed by atoms with E-state index in [4.69, 9.17) is 0 Å². The van der Waals surface area contributed by atoms with E-state index in [1.807, 2.05) is 0 Å². The molecule has 0 aliphatic carbocycles. The summed E-state index contributed by atoms with van der Waals surface area (Å²) in [5, 5.41) is 0. The maximum absolute atomic E-state index is 2.32. The summed E-state index contributed by atoms with van der Waals surface area (Å²) in [6, 6.07) is 0. The van der Waals surface area contributed by atoms with E-state index in [1.54, 1.807) is 0 Å². The predicted octanol–water partition coefficient (Wildman–Crippen LogP) is -1.75. The van der Waals surface area contributed by atoms with Gasteiger partial charge in [0.05, 0.1) is 27.2 Å². The Morgan fingerprint density at radius 1 is 0.889 bits per heavy atom. The van der Waals surface area contributed by atoms with Crippen molar-refractivity contribution in [2.75, 3.05) is 27.2 Å². The molecule has 0 unspecified atom stereocenters. The Balaban J connectivity index is 0.000000640. The minimum atomic E-state index is 0. The Morgan fingerprint density at radius 3 is 1.56 bits per heavy atom. The lowest BCUT2D eigenvalue weighted by Gasteiger charge is -2.33. The molecule has 0 aromatic heterocycles. The summed E-state index contributed by atoms with van der Waals surface area (Å²) < 4.78 is 1.25. The van der Waals surface area contributed by atoms with Crippen LogP contribution in [0.2, 0.25) is 0 Å². The second-order valence-corrected chi connectivity index (χ2v) is 3.44. The van der Waals surface area contributed by atoms with Gasteiger partial charge in [0.15, 0.2) is 0 Å². The molecule has 0 N–H and O–H groups in total. The van der Waals surface area contributed by atoms with Gasteiger partial charge >= 0.3 is 0 Å². The Hall–Kier alpha value is -0.110. The molecular formula is C7H16FN. The Labute approximate surface area is 56.6 Å². The van der Waals surface area contributed by atoms with Gasteiger partial charge in [0, 0.05) is 0 Å². The average Bonchev–Trinajstić information content (AvgIpc) is 1.65. The molecule has 1 aliphatic rings. The molecule has 0 amide bonds. The van der Waals surface area contributed by atoms with Gasteiger partial charge in [-0.05, 0) is 19.3 Å². The van der Waals surface area contributed by atoms with Crippen LogP contribution >= 0.6 is 0 Å². The van der Waals surface area contributed by atoms with Crippen LogP contribution in [0.5, 0.6) is 0 Å². The van der Waals surface area contributed by atoms with Crippen molar-refractivity contribution in [2.45, 2.75) is 19.3 Å². The van der Waals surface area contributed by atoms with Crippen LogP contribution in [0.25, 0.3) is 0 Å². The highest BCUT2D eigenvalue weighted by Crippen LogP contribution is 2.11. The zero-order valence-electron chi connectivity index (χ0n) is 6.36. The minimum absolute atomic E-state index is 0. The number of nitrogens with zero attached hydrogens (tertiary/aromatic N) is 1. The Kier molecular flexibility index (Phi) is 3.12. The van der Waals surface area contributed by atoms with E-state index in [-0.39, 0.29) is 4.70 Å². The molecule has 0 saturated carbocycles. The number of quaternary nitrogens is 1. The molecule has 9 heavy (non-hydrogen) atoms. The molecule has 1 fully saturated rings. The molecule has 1 nitrogen and oxygen atoms in total. The first kappa shape index (κ1) is 8.89. The normalized spacial score (nSPS) is 24.7. The first-order valence-electron chi connectivity index (χ1n) is 3.53. The van der Waals surface area contributed by atoms with Crippen molar-refractivity contribution in [1.29, 1.82) is 0 Å². The van der Waals surface area contributed by atoms with Crippen LogP contribution in [0.4, 0.5) is 0 Å². The van der Waals surface area contributed by atoms with Crippen LogP contribution in [-0.4, -0.2) is 31.7 Å². The van der Waals surface area contributed by atoms with Crippen molar-refractivity contribution in [3.63, 3.8) is 0 Å². The fourth-order valence-corrected chi connectivity index (χ4v) is 1.37. The summed E-state index contributed by atoms with van der Waals surface area (Å²) in [5.41, 5.74) is 0. The summed E-state index contributed by atoms with van der Waals surface area (Å²) in [6.07, 6.45) is 4.34. The third-order valence-corrected chi connectivity index (χ3v) is 2.03. The van der Waals surface area contributed by atoms with Gasteiger partial charge in [-0.15, -0.1) is 0 Å². The van der Waals surface area contributed by atoms with Gasteiger partial charge in [-0.2, -0.15) is 0 Å². The van der Waals surface area contributed by atoms with Gasteiger partial charge in [-0.25, -0.2) is 0 Å². The van der Waals surface area contributed by atoms with E-state index in [1.165, 1.54) is 36.8 Å². The summed E-state index contributed by atoms with van der Waals surface area (Å²) in [7, 11) is 4.64. The van der Waals surface area contributed by atoms with Crippen molar-refractivity contribution in [1.82, 2.24) is 0 Å².